The summed E-state index contributed by atoms with van der Waals surface area (Å²) in [7, 11) is 0. The van der Waals surface area contributed by atoms with Gasteiger partial charge in [-0.25, -0.2) is 4.98 Å². The van der Waals surface area contributed by atoms with Crippen molar-refractivity contribution < 1.29 is 0 Å². The lowest BCUT2D eigenvalue weighted by Gasteiger charge is -2.29. The fourth-order valence-corrected chi connectivity index (χ4v) is 7.07. The molecule has 0 fully saturated rings. The van der Waals surface area contributed by atoms with E-state index in [1.807, 2.05) is 6.20 Å². The first-order valence-electron chi connectivity index (χ1n) is 17.6. The maximum absolute atomic E-state index is 5.36. The molecule has 2 heterocycles. The molecule has 0 saturated carbocycles. The Morgan fingerprint density at radius 3 is 1.94 bits per heavy atom. The molecule has 244 valence electrons. The lowest BCUT2D eigenvalue weighted by molar-refractivity contribution is 0.427. The van der Waals surface area contributed by atoms with Crippen molar-refractivity contribution in [3.63, 3.8) is 0 Å². The third-order valence-electron chi connectivity index (χ3n) is 10.4. The molecule has 0 unspecified atom stereocenters. The minimum atomic E-state index is -0.0981. The summed E-state index contributed by atoms with van der Waals surface area (Å²) in [4.78, 5) is 10.5. The van der Waals surface area contributed by atoms with Crippen LogP contribution in [0.3, 0.4) is 0 Å². The van der Waals surface area contributed by atoms with Gasteiger partial charge in [0.15, 0.2) is 0 Å². The molecule has 0 radical (unpaired) electrons. The van der Waals surface area contributed by atoms with Crippen LogP contribution in [0.25, 0.3) is 50.5 Å². The maximum Gasteiger partial charge on any atom is 0.146 e. The van der Waals surface area contributed by atoms with E-state index in [2.05, 4.69) is 169 Å². The van der Waals surface area contributed by atoms with Gasteiger partial charge in [0, 0.05) is 40.7 Å². The minimum Gasteiger partial charge on any atom is -0.299 e. The number of hydrogen-bond acceptors (Lipinski definition) is 2. The van der Waals surface area contributed by atoms with Gasteiger partial charge in [0.2, 0.25) is 0 Å². The smallest absolute Gasteiger partial charge is 0.146 e. The van der Waals surface area contributed by atoms with E-state index in [0.717, 1.165) is 41.2 Å². The van der Waals surface area contributed by atoms with Crippen molar-refractivity contribution in [3.8, 4) is 50.5 Å². The van der Waals surface area contributed by atoms with E-state index in [4.69, 9.17) is 9.97 Å². The van der Waals surface area contributed by atoms with Crippen LogP contribution in [0.15, 0.2) is 116 Å². The fraction of sp³-hybridized carbons (Fsp3) is 0.289. The molecular weight excluding hydrogens is 583 g/mol. The molecule has 6 rings (SSSR count). The molecule has 0 N–H and O–H groups in total. The van der Waals surface area contributed by atoms with Gasteiger partial charge in [0.05, 0.1) is 11.4 Å². The monoisotopic (exact) mass is 631 g/mol. The molecule has 3 heteroatoms. The van der Waals surface area contributed by atoms with Crippen molar-refractivity contribution in [2.45, 2.75) is 85.5 Å². The predicted molar refractivity (Wildman–Crippen MR) is 204 cm³/mol. The summed E-state index contributed by atoms with van der Waals surface area (Å²) in [6.45, 7) is 18.2. The lowest BCUT2D eigenvalue weighted by Crippen LogP contribution is -2.23. The fourth-order valence-electron chi connectivity index (χ4n) is 7.07. The molecule has 0 saturated heterocycles. The Hall–Kier alpha value is -4.76. The van der Waals surface area contributed by atoms with E-state index in [1.54, 1.807) is 0 Å². The molecule has 6 aromatic rings. The van der Waals surface area contributed by atoms with Gasteiger partial charge in [-0.15, -0.1) is 0 Å². The van der Waals surface area contributed by atoms with Crippen LogP contribution in [0, 0.1) is 6.92 Å². The molecule has 2 aromatic heterocycles. The van der Waals surface area contributed by atoms with Gasteiger partial charge in [-0.05, 0) is 88.7 Å². The molecule has 0 aliphatic heterocycles. The summed E-state index contributed by atoms with van der Waals surface area (Å²) in [6, 6.07) is 35.3. The van der Waals surface area contributed by atoms with Crippen molar-refractivity contribution in [2.75, 3.05) is 0 Å². The van der Waals surface area contributed by atoms with Gasteiger partial charge in [0.25, 0.3) is 0 Å². The molecule has 48 heavy (non-hydrogen) atoms. The number of imidazole rings is 1. The number of hydrogen-bond donors (Lipinski definition) is 0. The third kappa shape index (κ3) is 6.15. The second-order valence-electron chi connectivity index (χ2n) is 14.0. The first-order chi connectivity index (χ1) is 23.2. The first kappa shape index (κ1) is 33.2. The molecular formula is C45H49N3. The molecule has 4 aromatic carbocycles. The zero-order valence-electron chi connectivity index (χ0n) is 29.9. The van der Waals surface area contributed by atoms with Crippen LogP contribution < -0.4 is 0 Å². The Labute approximate surface area is 287 Å². The van der Waals surface area contributed by atoms with Crippen LogP contribution in [0.1, 0.15) is 95.5 Å². The minimum absolute atomic E-state index is 0.0981. The van der Waals surface area contributed by atoms with Gasteiger partial charge in [0.1, 0.15) is 5.82 Å². The Morgan fingerprint density at radius 2 is 1.29 bits per heavy atom. The van der Waals surface area contributed by atoms with Crippen molar-refractivity contribution in [2.24, 2.45) is 0 Å². The Morgan fingerprint density at radius 1 is 0.646 bits per heavy atom. The second-order valence-corrected chi connectivity index (χ2v) is 14.0. The number of aromatic nitrogens is 3. The van der Waals surface area contributed by atoms with Crippen LogP contribution in [0.2, 0.25) is 0 Å². The van der Waals surface area contributed by atoms with Gasteiger partial charge >= 0.3 is 0 Å². The van der Waals surface area contributed by atoms with Crippen LogP contribution in [0.4, 0.5) is 0 Å². The molecule has 0 amide bonds. The maximum atomic E-state index is 5.36. The lowest BCUT2D eigenvalue weighted by atomic mass is 9.78. The first-order valence-corrected chi connectivity index (χ1v) is 17.6. The summed E-state index contributed by atoms with van der Waals surface area (Å²) in [5.41, 5.74) is 14.4. The summed E-state index contributed by atoms with van der Waals surface area (Å²) >= 11 is 0. The number of aryl methyl sites for hydroxylation is 1. The topological polar surface area (TPSA) is 30.7 Å². The second kappa shape index (κ2) is 13.8. The number of pyridine rings is 1. The van der Waals surface area contributed by atoms with E-state index >= 15 is 0 Å². The normalized spacial score (nSPS) is 11.9. The van der Waals surface area contributed by atoms with Crippen LogP contribution in [-0.4, -0.2) is 14.5 Å². The summed E-state index contributed by atoms with van der Waals surface area (Å²) in [5, 5.41) is 0. The van der Waals surface area contributed by atoms with Crippen LogP contribution >= 0.6 is 0 Å². The largest absolute Gasteiger partial charge is 0.299 e. The Bertz CT molecular complexity index is 2000. The number of benzene rings is 4. The summed E-state index contributed by atoms with van der Waals surface area (Å²) in [6.07, 6.45) is 8.15. The summed E-state index contributed by atoms with van der Waals surface area (Å²) < 4.78 is 2.28. The van der Waals surface area contributed by atoms with E-state index in [1.165, 1.54) is 44.5 Å². The van der Waals surface area contributed by atoms with Gasteiger partial charge < -0.3 is 0 Å². The highest BCUT2D eigenvalue weighted by Crippen LogP contribution is 2.43. The number of rotatable bonds is 10. The van der Waals surface area contributed by atoms with Gasteiger partial charge in [-0.1, -0.05) is 127 Å². The highest BCUT2D eigenvalue weighted by Gasteiger charge is 2.30. The van der Waals surface area contributed by atoms with Gasteiger partial charge in [-0.2, -0.15) is 0 Å². The highest BCUT2D eigenvalue weighted by molar-refractivity contribution is 5.83. The standard InChI is InChI=1S/C45H49N3/c1-9-45(8,10-2)43-40(28-35(29-47-43)42-36(30(3)4)21-16-22-37(42)31(5)6)44-46-25-26-48(44)41-24-23-34(33-18-12-11-13-19-33)27-39(41)38-20-15-14-17-32(38)7/h11-31H,9-10H2,1-8H3. The molecule has 0 bridgehead atoms. The predicted octanol–water partition coefficient (Wildman–Crippen LogP) is 12.6. The molecule has 0 atom stereocenters. The Kier molecular flexibility index (Phi) is 9.51. The van der Waals surface area contributed by atoms with Crippen LogP contribution in [-0.2, 0) is 5.41 Å². The zero-order valence-corrected chi connectivity index (χ0v) is 29.9. The van der Waals surface area contributed by atoms with Gasteiger partial charge in [-0.3, -0.25) is 9.55 Å². The van der Waals surface area contributed by atoms with Crippen molar-refractivity contribution in [1.29, 1.82) is 0 Å². The van der Waals surface area contributed by atoms with E-state index in [0.29, 0.717) is 11.8 Å². The average molecular weight is 632 g/mol. The van der Waals surface area contributed by atoms with E-state index in [9.17, 15) is 0 Å². The zero-order chi connectivity index (χ0) is 34.0. The molecule has 0 aliphatic rings. The summed E-state index contributed by atoms with van der Waals surface area (Å²) in [5.74, 6) is 1.70. The van der Waals surface area contributed by atoms with E-state index in [-0.39, 0.29) is 5.41 Å². The molecule has 0 aliphatic carbocycles. The molecule has 0 spiro atoms. The van der Waals surface area contributed by atoms with Crippen molar-refractivity contribution in [3.05, 3.63) is 138 Å². The number of nitrogens with zero attached hydrogens (tertiary/aromatic N) is 3. The van der Waals surface area contributed by atoms with Crippen LogP contribution in [0.5, 0.6) is 0 Å². The van der Waals surface area contributed by atoms with Crippen molar-refractivity contribution in [1.82, 2.24) is 14.5 Å². The SMILES string of the molecule is CCC(C)(CC)c1ncc(-c2c(C(C)C)cccc2C(C)C)cc1-c1nccn1-c1ccc(-c2ccccc2)cc1-c1ccccc1C. The van der Waals surface area contributed by atoms with E-state index < -0.39 is 0 Å². The quantitative estimate of drug-likeness (QED) is 0.151. The van der Waals surface area contributed by atoms with Crippen molar-refractivity contribution >= 4 is 0 Å². The highest BCUT2D eigenvalue weighted by atomic mass is 15.1. The average Bonchev–Trinajstić information content (AvgIpc) is 3.61. The third-order valence-corrected chi connectivity index (χ3v) is 10.4. The Balaban J connectivity index is 1.63. The molecule has 3 nitrogen and oxygen atoms in total.